The first kappa shape index (κ1) is 25.7. The summed E-state index contributed by atoms with van der Waals surface area (Å²) in [5.74, 6) is -15.3. The minimum Gasteiger partial charge on any atom is -0.427 e. The highest BCUT2D eigenvalue weighted by Gasteiger charge is 2.84. The van der Waals surface area contributed by atoms with Crippen LogP contribution >= 0.6 is 63.7 Å². The van der Waals surface area contributed by atoms with Gasteiger partial charge < -0.3 is 9.47 Å². The Bertz CT molecular complexity index is 864. The number of halogens is 12. The van der Waals surface area contributed by atoms with Gasteiger partial charge in [-0.05, 0) is 68.3 Å². The molecule has 30 heavy (non-hydrogen) atoms. The third-order valence-electron chi connectivity index (χ3n) is 3.39. The topological polar surface area (TPSA) is 18.5 Å². The van der Waals surface area contributed by atoms with E-state index in [0.717, 1.165) is 36.4 Å². The summed E-state index contributed by atoms with van der Waals surface area (Å²) in [6.45, 7) is 0. The zero-order valence-electron chi connectivity index (χ0n) is 13.8. The second kappa shape index (κ2) is 8.74. The molecule has 0 N–H and O–H groups in total. The molecule has 0 saturated carbocycles. The molecular weight excluding hydrogens is 696 g/mol. The van der Waals surface area contributed by atoms with Gasteiger partial charge in [-0.2, -0.15) is 35.1 Å². The summed E-state index contributed by atoms with van der Waals surface area (Å²) < 4.78 is 119. The van der Waals surface area contributed by atoms with E-state index >= 15 is 0 Å². The van der Waals surface area contributed by atoms with Gasteiger partial charge in [-0.1, -0.05) is 31.9 Å². The van der Waals surface area contributed by atoms with Crippen LogP contribution in [-0.4, -0.2) is 24.1 Å². The molecule has 0 fully saturated rings. The molecule has 0 saturated heterocycles. The van der Waals surface area contributed by atoms with Crippen molar-refractivity contribution in [2.75, 3.05) is 0 Å². The van der Waals surface area contributed by atoms with Crippen molar-refractivity contribution >= 4 is 63.7 Å². The fourth-order valence-corrected chi connectivity index (χ4v) is 4.14. The molecule has 2 aromatic carbocycles. The normalized spacial score (nSPS) is 13.3. The number of hydrogen-bond donors (Lipinski definition) is 0. The van der Waals surface area contributed by atoms with Crippen molar-refractivity contribution in [3.63, 3.8) is 0 Å². The molecule has 2 rings (SSSR count). The second-order valence-electron chi connectivity index (χ2n) is 5.54. The maximum absolute atomic E-state index is 14.0. The summed E-state index contributed by atoms with van der Waals surface area (Å²) in [5, 5.41) is 0. The molecule has 14 heteroatoms. The van der Waals surface area contributed by atoms with Crippen LogP contribution in [0.15, 0.2) is 54.3 Å². The predicted octanol–water partition coefficient (Wildman–Crippen LogP) is 8.65. The lowest BCUT2D eigenvalue weighted by Crippen LogP contribution is -2.65. The van der Waals surface area contributed by atoms with Gasteiger partial charge in [0.15, 0.2) is 0 Å². The Morgan fingerprint density at radius 1 is 0.533 bits per heavy atom. The summed E-state index contributed by atoms with van der Waals surface area (Å²) in [7, 11) is 0. The molecule has 0 heterocycles. The first-order chi connectivity index (χ1) is 13.5. The fraction of sp³-hybridized carbons (Fsp3) is 0.250. The van der Waals surface area contributed by atoms with E-state index in [2.05, 4.69) is 73.2 Å². The predicted molar refractivity (Wildman–Crippen MR) is 105 cm³/mol. The van der Waals surface area contributed by atoms with Crippen LogP contribution in [0.1, 0.15) is 0 Å². The van der Waals surface area contributed by atoms with E-state index in [1.165, 1.54) is 0 Å². The minimum atomic E-state index is -6.68. The molecule has 166 valence electrons. The molecule has 0 aliphatic rings. The molecule has 0 aliphatic heterocycles. The highest BCUT2D eigenvalue weighted by molar-refractivity contribution is 9.11. The van der Waals surface area contributed by atoms with Crippen molar-refractivity contribution in [3.8, 4) is 11.5 Å². The van der Waals surface area contributed by atoms with Crippen molar-refractivity contribution < 1.29 is 44.6 Å². The molecule has 0 aromatic heterocycles. The van der Waals surface area contributed by atoms with Crippen LogP contribution in [0.3, 0.4) is 0 Å². The van der Waals surface area contributed by atoms with Crippen LogP contribution < -0.4 is 9.47 Å². The summed E-state index contributed by atoms with van der Waals surface area (Å²) in [4.78, 5) is 0. The number of benzene rings is 2. The maximum atomic E-state index is 14.0. The summed E-state index contributed by atoms with van der Waals surface area (Å²) in [6, 6.07) is 5.81. The van der Waals surface area contributed by atoms with Gasteiger partial charge in [0.25, 0.3) is 0 Å². The summed E-state index contributed by atoms with van der Waals surface area (Å²) >= 11 is 11.3. The van der Waals surface area contributed by atoms with E-state index in [1.807, 2.05) is 0 Å². The van der Waals surface area contributed by atoms with Crippen LogP contribution in [0.4, 0.5) is 35.1 Å². The van der Waals surface area contributed by atoms with E-state index in [1.54, 1.807) is 0 Å². The van der Waals surface area contributed by atoms with Gasteiger partial charge in [0.1, 0.15) is 11.5 Å². The van der Waals surface area contributed by atoms with Crippen molar-refractivity contribution in [1.82, 2.24) is 0 Å². The number of rotatable bonds is 7. The quantitative estimate of drug-likeness (QED) is 0.269. The lowest BCUT2D eigenvalue weighted by atomic mass is 10.1. The molecule has 2 nitrogen and oxygen atoms in total. The van der Waals surface area contributed by atoms with Crippen molar-refractivity contribution in [1.29, 1.82) is 0 Å². The molecule has 0 unspecified atom stereocenters. The highest BCUT2D eigenvalue weighted by Crippen LogP contribution is 2.54. The lowest BCUT2D eigenvalue weighted by Gasteiger charge is -2.35. The SMILES string of the molecule is FC(F)(Oc1ccc(Br)cc1Br)C(F)(F)C(F)(F)C(F)(F)Oc1ccc(Br)cc1Br. The van der Waals surface area contributed by atoms with Crippen molar-refractivity contribution in [3.05, 3.63) is 54.3 Å². The number of alkyl halides is 8. The Morgan fingerprint density at radius 3 is 1.10 bits per heavy atom. The molecule has 0 bridgehead atoms. The Labute approximate surface area is 197 Å². The molecule has 0 atom stereocenters. The van der Waals surface area contributed by atoms with Crippen LogP contribution in [0.25, 0.3) is 0 Å². The van der Waals surface area contributed by atoms with E-state index in [-0.39, 0.29) is 8.95 Å². The Hall–Kier alpha value is -0.600. The third-order valence-corrected chi connectivity index (χ3v) is 5.62. The average molecular weight is 702 g/mol. The Balaban J connectivity index is 2.38. The van der Waals surface area contributed by atoms with Gasteiger partial charge in [-0.25, -0.2) is 0 Å². The van der Waals surface area contributed by atoms with Crippen molar-refractivity contribution in [2.45, 2.75) is 24.1 Å². The standard InChI is InChI=1S/C16H6Br4F8O2/c17-7-1-3-11(9(19)5-7)29-15(25,26)13(21,22)14(23,24)16(27,28)30-12-4-2-8(18)6-10(12)20/h1-6H. The van der Waals surface area contributed by atoms with Crippen molar-refractivity contribution in [2.24, 2.45) is 0 Å². The Kier molecular flexibility index (Phi) is 7.47. The first-order valence-electron chi connectivity index (χ1n) is 7.31. The van der Waals surface area contributed by atoms with Gasteiger partial charge in [-0.15, -0.1) is 0 Å². The molecular formula is C16H6Br4F8O2. The van der Waals surface area contributed by atoms with Crippen LogP contribution in [0.2, 0.25) is 0 Å². The monoisotopic (exact) mass is 698 g/mol. The lowest BCUT2D eigenvalue weighted by molar-refractivity contribution is -0.437. The van der Waals surface area contributed by atoms with Crippen LogP contribution in [0.5, 0.6) is 11.5 Å². The van der Waals surface area contributed by atoms with E-state index < -0.39 is 35.6 Å². The van der Waals surface area contributed by atoms with Gasteiger partial charge in [0.05, 0.1) is 8.95 Å². The van der Waals surface area contributed by atoms with E-state index in [9.17, 15) is 35.1 Å². The van der Waals surface area contributed by atoms with E-state index in [0.29, 0.717) is 8.95 Å². The van der Waals surface area contributed by atoms with Gasteiger partial charge in [-0.3, -0.25) is 0 Å². The largest absolute Gasteiger partial charge is 0.471 e. The van der Waals surface area contributed by atoms with Gasteiger partial charge in [0.2, 0.25) is 0 Å². The van der Waals surface area contributed by atoms with Gasteiger partial charge in [0, 0.05) is 8.95 Å². The molecule has 0 spiro atoms. The number of ether oxygens (including phenoxy) is 2. The van der Waals surface area contributed by atoms with Crippen LogP contribution in [0, 0.1) is 0 Å². The third kappa shape index (κ3) is 4.90. The summed E-state index contributed by atoms with van der Waals surface area (Å²) in [5.41, 5.74) is 0. The van der Waals surface area contributed by atoms with E-state index in [4.69, 9.17) is 0 Å². The average Bonchev–Trinajstić information content (AvgIpc) is 2.59. The second-order valence-corrected chi connectivity index (χ2v) is 9.08. The molecule has 0 aliphatic carbocycles. The Morgan fingerprint density at radius 2 is 0.833 bits per heavy atom. The smallest absolute Gasteiger partial charge is 0.427 e. The zero-order chi connectivity index (χ0) is 23.1. The maximum Gasteiger partial charge on any atom is 0.471 e. The first-order valence-corrected chi connectivity index (χ1v) is 10.5. The molecule has 2 aromatic rings. The van der Waals surface area contributed by atoms with Crippen LogP contribution in [-0.2, 0) is 0 Å². The van der Waals surface area contributed by atoms with Gasteiger partial charge >= 0.3 is 24.1 Å². The number of hydrogen-bond acceptors (Lipinski definition) is 2. The minimum absolute atomic E-state index is 0.308. The highest BCUT2D eigenvalue weighted by atomic mass is 79.9. The zero-order valence-corrected chi connectivity index (χ0v) is 20.2. The summed E-state index contributed by atoms with van der Waals surface area (Å²) in [6.07, 6.45) is -12.1. The molecule has 0 amide bonds. The molecule has 0 radical (unpaired) electrons. The fourth-order valence-electron chi connectivity index (χ4n) is 1.89.